The Morgan fingerprint density at radius 1 is 1.17 bits per heavy atom. The van der Waals surface area contributed by atoms with Crippen molar-refractivity contribution in [2.75, 3.05) is 42.9 Å². The summed E-state index contributed by atoms with van der Waals surface area (Å²) < 4.78 is 0. The van der Waals surface area contributed by atoms with E-state index in [9.17, 15) is 14.9 Å². The van der Waals surface area contributed by atoms with Gasteiger partial charge in [0.2, 0.25) is 5.91 Å². The van der Waals surface area contributed by atoms with E-state index in [4.69, 9.17) is 11.6 Å². The molecule has 0 spiro atoms. The minimum Gasteiger partial charge on any atom is -0.367 e. The highest BCUT2D eigenvalue weighted by atomic mass is 35.5. The lowest BCUT2D eigenvalue weighted by atomic mass is 10.2. The van der Waals surface area contributed by atoms with Gasteiger partial charge in [0, 0.05) is 49.4 Å². The number of non-ortho nitro benzene ring substituents is 1. The van der Waals surface area contributed by atoms with Crippen LogP contribution >= 0.6 is 11.6 Å². The summed E-state index contributed by atoms with van der Waals surface area (Å²) >= 11 is 6.15. The first-order valence-electron chi connectivity index (χ1n) is 9.46. The third-order valence-electron chi connectivity index (χ3n) is 4.91. The number of nitro benzene ring substituents is 1. The van der Waals surface area contributed by atoms with Gasteiger partial charge in [-0.3, -0.25) is 14.9 Å². The number of anilines is 2. The van der Waals surface area contributed by atoms with Crippen molar-refractivity contribution in [1.29, 1.82) is 0 Å². The van der Waals surface area contributed by atoms with Crippen LogP contribution in [0.1, 0.15) is 12.5 Å². The molecule has 0 aliphatic carbocycles. The van der Waals surface area contributed by atoms with Gasteiger partial charge in [-0.1, -0.05) is 18.5 Å². The number of halogens is 1. The topological polar surface area (TPSA) is 78.7 Å². The molecule has 1 N–H and O–H groups in total. The standard InChI is InChI=1S/C21H23ClN4O3/c1-2-24-11-13-25(14-12-24)20-9-6-17(22)15-19(20)23-21(27)10-5-16-3-7-18(8-4-16)26(28)29/h3-10,15H,2,11-14H2,1H3,(H,23,27)/b10-5+. The molecule has 1 amide bonds. The van der Waals surface area contributed by atoms with Crippen LogP contribution in [-0.4, -0.2) is 48.5 Å². The Kier molecular flexibility index (Phi) is 6.85. The molecule has 2 aromatic carbocycles. The number of piperazine rings is 1. The summed E-state index contributed by atoms with van der Waals surface area (Å²) in [5, 5.41) is 14.2. The highest BCUT2D eigenvalue weighted by Crippen LogP contribution is 2.30. The monoisotopic (exact) mass is 414 g/mol. The molecule has 3 rings (SSSR count). The summed E-state index contributed by atoms with van der Waals surface area (Å²) in [4.78, 5) is 27.3. The van der Waals surface area contributed by atoms with Gasteiger partial charge in [-0.2, -0.15) is 0 Å². The van der Waals surface area contributed by atoms with Crippen molar-refractivity contribution in [3.8, 4) is 0 Å². The lowest BCUT2D eigenvalue weighted by Crippen LogP contribution is -2.46. The summed E-state index contributed by atoms with van der Waals surface area (Å²) in [6.07, 6.45) is 3.02. The second-order valence-electron chi connectivity index (χ2n) is 6.75. The molecule has 0 atom stereocenters. The van der Waals surface area contributed by atoms with E-state index in [2.05, 4.69) is 22.0 Å². The minimum atomic E-state index is -0.457. The molecule has 2 aromatic rings. The first-order chi connectivity index (χ1) is 14.0. The van der Waals surface area contributed by atoms with E-state index in [1.807, 2.05) is 12.1 Å². The molecule has 8 heteroatoms. The zero-order chi connectivity index (χ0) is 20.8. The largest absolute Gasteiger partial charge is 0.367 e. The third kappa shape index (κ3) is 5.56. The fraction of sp³-hybridized carbons (Fsp3) is 0.286. The molecule has 29 heavy (non-hydrogen) atoms. The van der Waals surface area contributed by atoms with Gasteiger partial charge in [0.25, 0.3) is 5.69 Å². The molecule has 1 heterocycles. The van der Waals surface area contributed by atoms with E-state index in [1.54, 1.807) is 24.3 Å². The van der Waals surface area contributed by atoms with Gasteiger partial charge in [-0.15, -0.1) is 0 Å². The Morgan fingerprint density at radius 3 is 2.48 bits per heavy atom. The third-order valence-corrected chi connectivity index (χ3v) is 5.14. The lowest BCUT2D eigenvalue weighted by molar-refractivity contribution is -0.384. The maximum Gasteiger partial charge on any atom is 0.269 e. The zero-order valence-corrected chi connectivity index (χ0v) is 16.9. The Balaban J connectivity index is 1.69. The molecule has 1 aliphatic rings. The van der Waals surface area contributed by atoms with Gasteiger partial charge >= 0.3 is 0 Å². The molecule has 152 valence electrons. The molecule has 1 fully saturated rings. The van der Waals surface area contributed by atoms with Crippen LogP contribution in [0.15, 0.2) is 48.5 Å². The minimum absolute atomic E-state index is 0.0124. The van der Waals surface area contributed by atoms with Crippen LogP contribution in [0.5, 0.6) is 0 Å². The molecule has 0 bridgehead atoms. The number of carbonyl (C=O) groups is 1. The number of carbonyl (C=O) groups excluding carboxylic acids is 1. The number of hydrogen-bond acceptors (Lipinski definition) is 5. The molecule has 0 unspecified atom stereocenters. The molecule has 0 aromatic heterocycles. The van der Waals surface area contributed by atoms with Crippen LogP contribution in [0.25, 0.3) is 6.08 Å². The van der Waals surface area contributed by atoms with Gasteiger partial charge in [0.05, 0.1) is 16.3 Å². The van der Waals surface area contributed by atoms with Crippen LogP contribution in [-0.2, 0) is 4.79 Å². The van der Waals surface area contributed by atoms with Crippen LogP contribution in [0.4, 0.5) is 17.1 Å². The van der Waals surface area contributed by atoms with Crippen molar-refractivity contribution in [3.05, 3.63) is 69.2 Å². The van der Waals surface area contributed by atoms with Crippen molar-refractivity contribution in [3.63, 3.8) is 0 Å². The molecule has 1 aliphatic heterocycles. The zero-order valence-electron chi connectivity index (χ0n) is 16.2. The molecule has 7 nitrogen and oxygen atoms in total. The lowest BCUT2D eigenvalue weighted by Gasteiger charge is -2.36. The summed E-state index contributed by atoms with van der Waals surface area (Å²) in [6, 6.07) is 11.5. The van der Waals surface area contributed by atoms with Crippen LogP contribution < -0.4 is 10.2 Å². The molecule has 0 saturated carbocycles. The molecule has 1 saturated heterocycles. The van der Waals surface area contributed by atoms with E-state index in [-0.39, 0.29) is 11.6 Å². The summed E-state index contributed by atoms with van der Waals surface area (Å²) in [5.41, 5.74) is 2.33. The van der Waals surface area contributed by atoms with Crippen molar-refractivity contribution in [1.82, 2.24) is 4.90 Å². The fourth-order valence-electron chi connectivity index (χ4n) is 3.24. The maximum atomic E-state index is 12.4. The van der Waals surface area contributed by atoms with Crippen molar-refractivity contribution >= 4 is 40.6 Å². The number of hydrogen-bond donors (Lipinski definition) is 1. The van der Waals surface area contributed by atoms with E-state index < -0.39 is 4.92 Å². The number of benzene rings is 2. The van der Waals surface area contributed by atoms with Gasteiger partial charge in [-0.25, -0.2) is 0 Å². The van der Waals surface area contributed by atoms with Crippen molar-refractivity contribution in [2.24, 2.45) is 0 Å². The molecular weight excluding hydrogens is 392 g/mol. The second-order valence-corrected chi connectivity index (χ2v) is 7.19. The van der Waals surface area contributed by atoms with Gasteiger partial charge in [0.1, 0.15) is 0 Å². The Labute approximate surface area is 174 Å². The van der Waals surface area contributed by atoms with Crippen LogP contribution in [0.3, 0.4) is 0 Å². The SMILES string of the molecule is CCN1CCN(c2ccc(Cl)cc2NC(=O)/C=C/c2ccc([N+](=O)[O-])cc2)CC1. The maximum absolute atomic E-state index is 12.4. The number of amides is 1. The average Bonchev–Trinajstić information content (AvgIpc) is 2.73. The summed E-state index contributed by atoms with van der Waals surface area (Å²) in [7, 11) is 0. The first kappa shape index (κ1) is 20.8. The van der Waals surface area contributed by atoms with E-state index in [1.165, 1.54) is 18.2 Å². The number of nitrogens with one attached hydrogen (secondary N) is 1. The first-order valence-corrected chi connectivity index (χ1v) is 9.84. The fourth-order valence-corrected chi connectivity index (χ4v) is 3.41. The van der Waals surface area contributed by atoms with Crippen molar-refractivity contribution in [2.45, 2.75) is 6.92 Å². The normalized spacial score (nSPS) is 14.9. The predicted octanol–water partition coefficient (Wildman–Crippen LogP) is 4.04. The number of nitrogens with zero attached hydrogens (tertiary/aromatic N) is 3. The number of nitro groups is 1. The molecule has 0 radical (unpaired) electrons. The van der Waals surface area contributed by atoms with Crippen LogP contribution in [0.2, 0.25) is 5.02 Å². The Morgan fingerprint density at radius 2 is 1.86 bits per heavy atom. The Bertz CT molecular complexity index is 907. The number of rotatable bonds is 6. The average molecular weight is 415 g/mol. The smallest absolute Gasteiger partial charge is 0.269 e. The van der Waals surface area contributed by atoms with E-state index in [0.717, 1.165) is 38.4 Å². The van der Waals surface area contributed by atoms with E-state index in [0.29, 0.717) is 16.3 Å². The summed E-state index contributed by atoms with van der Waals surface area (Å²) in [6.45, 7) is 6.92. The second kappa shape index (κ2) is 9.54. The van der Waals surface area contributed by atoms with Gasteiger partial charge in [0.15, 0.2) is 0 Å². The van der Waals surface area contributed by atoms with Gasteiger partial charge < -0.3 is 15.1 Å². The van der Waals surface area contributed by atoms with Crippen molar-refractivity contribution < 1.29 is 9.72 Å². The predicted molar refractivity (Wildman–Crippen MR) is 117 cm³/mol. The Hall–Kier alpha value is -2.90. The highest BCUT2D eigenvalue weighted by molar-refractivity contribution is 6.31. The molecular formula is C21H23ClN4O3. The van der Waals surface area contributed by atoms with E-state index >= 15 is 0 Å². The van der Waals surface area contributed by atoms with Crippen LogP contribution in [0, 0.1) is 10.1 Å². The number of likely N-dealkylation sites (N-methyl/N-ethyl adjacent to an activating group) is 1. The highest BCUT2D eigenvalue weighted by Gasteiger charge is 2.19. The quantitative estimate of drug-likeness (QED) is 0.438. The summed E-state index contributed by atoms with van der Waals surface area (Å²) in [5.74, 6) is -0.293. The van der Waals surface area contributed by atoms with Gasteiger partial charge in [-0.05, 0) is 48.5 Å².